The zero-order valence-corrected chi connectivity index (χ0v) is 19.7. The van der Waals surface area contributed by atoms with E-state index < -0.39 is 11.4 Å². The molecule has 1 N–H and O–H groups in total. The monoisotopic (exact) mass is 474 g/mol. The molecule has 1 aliphatic rings. The van der Waals surface area contributed by atoms with Gasteiger partial charge in [0.15, 0.2) is 0 Å². The number of aromatic nitrogens is 2. The Morgan fingerprint density at radius 1 is 0.861 bits per heavy atom. The first-order chi connectivity index (χ1) is 17.4. The molecule has 3 aromatic carbocycles. The Balaban J connectivity index is 1.42. The topological polar surface area (TPSA) is 84.3 Å². The molecule has 5 aromatic rings. The van der Waals surface area contributed by atoms with Crippen molar-refractivity contribution < 1.29 is 14.4 Å². The average molecular weight is 475 g/mol. The van der Waals surface area contributed by atoms with Crippen LogP contribution < -0.4 is 10.2 Å². The number of rotatable bonds is 3. The molecule has 3 heterocycles. The number of amides is 2. The highest BCUT2D eigenvalue weighted by atomic mass is 16.2. The van der Waals surface area contributed by atoms with E-state index in [1.54, 1.807) is 22.5 Å². The summed E-state index contributed by atoms with van der Waals surface area (Å²) in [7, 11) is 0. The molecular weight excluding hydrogens is 452 g/mol. The van der Waals surface area contributed by atoms with Crippen molar-refractivity contribution in [2.45, 2.75) is 19.4 Å². The highest BCUT2D eigenvalue weighted by Crippen LogP contribution is 2.44. The Kier molecular flexibility index (Phi) is 4.76. The summed E-state index contributed by atoms with van der Waals surface area (Å²) in [5.41, 5.74) is 2.43. The lowest BCUT2D eigenvalue weighted by atomic mass is 9.93. The summed E-state index contributed by atoms with van der Waals surface area (Å²) in [5.74, 6) is -0.864. The zero-order chi connectivity index (χ0) is 25.0. The van der Waals surface area contributed by atoms with E-state index in [1.165, 1.54) is 13.1 Å². The van der Waals surface area contributed by atoms with Crippen LogP contribution in [0.15, 0.2) is 91.1 Å². The van der Waals surface area contributed by atoms with Gasteiger partial charge in [-0.25, -0.2) is 4.98 Å². The SMILES string of the molecule is CC(=O)n1c2ccccc2c2cc(C(=O)NC3(C)C(=O)N(c4ccccc4)c4ccccc43)ncc21. The summed E-state index contributed by atoms with van der Waals surface area (Å²) in [6.07, 6.45) is 1.54. The van der Waals surface area contributed by atoms with Gasteiger partial charge < -0.3 is 5.32 Å². The second-order valence-electron chi connectivity index (χ2n) is 9.03. The highest BCUT2D eigenvalue weighted by Gasteiger charge is 2.49. The molecule has 0 saturated heterocycles. The zero-order valence-electron chi connectivity index (χ0n) is 19.7. The van der Waals surface area contributed by atoms with Crippen molar-refractivity contribution in [1.82, 2.24) is 14.9 Å². The number of hydrogen-bond donors (Lipinski definition) is 1. The Bertz CT molecular complexity index is 1710. The standard InChI is InChI=1S/C29H22N4O3/c1-18(34)32-24-14-8-6-12-20(24)21-16-23(30-17-26(21)32)27(35)31-29(2)22-13-7-9-15-25(22)33(28(29)36)19-10-4-3-5-11-19/h3-17H,1-2H3,(H,31,35). The van der Waals surface area contributed by atoms with E-state index in [0.717, 1.165) is 27.7 Å². The molecule has 0 saturated carbocycles. The number of nitrogens with one attached hydrogen (secondary N) is 1. The molecule has 0 fully saturated rings. The number of benzene rings is 3. The van der Waals surface area contributed by atoms with Crippen LogP contribution in [0.1, 0.15) is 34.7 Å². The van der Waals surface area contributed by atoms with Crippen LogP contribution in [0.25, 0.3) is 21.8 Å². The molecule has 36 heavy (non-hydrogen) atoms. The van der Waals surface area contributed by atoms with Crippen molar-refractivity contribution in [2.75, 3.05) is 4.90 Å². The first-order valence-electron chi connectivity index (χ1n) is 11.6. The summed E-state index contributed by atoms with van der Waals surface area (Å²) in [5, 5.41) is 4.55. The van der Waals surface area contributed by atoms with E-state index in [4.69, 9.17) is 0 Å². The van der Waals surface area contributed by atoms with E-state index >= 15 is 0 Å². The van der Waals surface area contributed by atoms with Crippen LogP contribution in [0.2, 0.25) is 0 Å². The van der Waals surface area contributed by atoms with Gasteiger partial charge in [0, 0.05) is 28.9 Å². The number of carbonyl (C=O) groups is 3. The number of nitrogens with zero attached hydrogens (tertiary/aromatic N) is 3. The quantitative estimate of drug-likeness (QED) is 0.391. The van der Waals surface area contributed by atoms with Crippen molar-refractivity contribution in [2.24, 2.45) is 0 Å². The Morgan fingerprint density at radius 2 is 1.56 bits per heavy atom. The maximum atomic E-state index is 13.8. The molecule has 6 rings (SSSR count). The number of hydrogen-bond acceptors (Lipinski definition) is 4. The largest absolute Gasteiger partial charge is 0.333 e. The molecule has 0 spiro atoms. The Labute approximate surface area is 207 Å². The molecule has 7 heteroatoms. The first-order valence-corrected chi connectivity index (χ1v) is 11.6. The summed E-state index contributed by atoms with van der Waals surface area (Å²) in [6, 6.07) is 26.0. The molecule has 7 nitrogen and oxygen atoms in total. The van der Waals surface area contributed by atoms with E-state index in [1.807, 2.05) is 78.9 Å². The van der Waals surface area contributed by atoms with Gasteiger partial charge in [-0.3, -0.25) is 23.9 Å². The van der Waals surface area contributed by atoms with Gasteiger partial charge in [-0.15, -0.1) is 0 Å². The van der Waals surface area contributed by atoms with E-state index in [-0.39, 0.29) is 17.5 Å². The number of pyridine rings is 1. The summed E-state index contributed by atoms with van der Waals surface area (Å²) >= 11 is 0. The molecule has 0 bridgehead atoms. The number of carbonyl (C=O) groups excluding carboxylic acids is 3. The number of fused-ring (bicyclic) bond motifs is 4. The van der Waals surface area contributed by atoms with Gasteiger partial charge in [-0.2, -0.15) is 0 Å². The summed E-state index contributed by atoms with van der Waals surface area (Å²) < 4.78 is 1.59. The van der Waals surface area contributed by atoms with Crippen LogP contribution in [0.5, 0.6) is 0 Å². The van der Waals surface area contributed by atoms with Gasteiger partial charge >= 0.3 is 0 Å². The second kappa shape index (κ2) is 7.88. The molecule has 0 aliphatic carbocycles. The van der Waals surface area contributed by atoms with Crippen LogP contribution in [-0.4, -0.2) is 27.3 Å². The molecule has 1 aliphatic heterocycles. The number of para-hydroxylation sites is 3. The van der Waals surface area contributed by atoms with Gasteiger partial charge in [0.2, 0.25) is 5.91 Å². The molecule has 2 aromatic heterocycles. The van der Waals surface area contributed by atoms with Crippen LogP contribution in [0, 0.1) is 0 Å². The average Bonchev–Trinajstić information content (AvgIpc) is 3.34. The van der Waals surface area contributed by atoms with Crippen molar-refractivity contribution in [3.05, 3.63) is 102 Å². The Hall–Kier alpha value is -4.78. The third-order valence-corrected chi connectivity index (χ3v) is 6.80. The normalized spacial score (nSPS) is 16.9. The Morgan fingerprint density at radius 3 is 2.33 bits per heavy atom. The highest BCUT2D eigenvalue weighted by molar-refractivity contribution is 6.16. The third-order valence-electron chi connectivity index (χ3n) is 6.80. The predicted molar refractivity (Wildman–Crippen MR) is 138 cm³/mol. The molecule has 0 radical (unpaired) electrons. The lowest BCUT2D eigenvalue weighted by molar-refractivity contribution is -0.122. The molecule has 1 unspecified atom stereocenters. The van der Waals surface area contributed by atoms with Gasteiger partial charge in [-0.05, 0) is 37.3 Å². The summed E-state index contributed by atoms with van der Waals surface area (Å²) in [6.45, 7) is 3.21. The fourth-order valence-corrected chi connectivity index (χ4v) is 5.12. The van der Waals surface area contributed by atoms with Crippen molar-refractivity contribution in [3.8, 4) is 0 Å². The fourth-order valence-electron chi connectivity index (χ4n) is 5.12. The van der Waals surface area contributed by atoms with Crippen LogP contribution in [0.3, 0.4) is 0 Å². The number of anilines is 2. The molecule has 176 valence electrons. The lowest BCUT2D eigenvalue weighted by Crippen LogP contribution is -2.50. The van der Waals surface area contributed by atoms with Gasteiger partial charge in [-0.1, -0.05) is 54.6 Å². The van der Waals surface area contributed by atoms with Gasteiger partial charge in [0.25, 0.3) is 11.8 Å². The van der Waals surface area contributed by atoms with Crippen LogP contribution in [0.4, 0.5) is 11.4 Å². The minimum absolute atomic E-state index is 0.137. The maximum Gasteiger partial charge on any atom is 0.271 e. The second-order valence-corrected chi connectivity index (χ2v) is 9.03. The smallest absolute Gasteiger partial charge is 0.271 e. The van der Waals surface area contributed by atoms with E-state index in [0.29, 0.717) is 11.1 Å². The van der Waals surface area contributed by atoms with Crippen molar-refractivity contribution >= 4 is 50.9 Å². The van der Waals surface area contributed by atoms with E-state index in [2.05, 4.69) is 10.3 Å². The predicted octanol–water partition coefficient (Wildman–Crippen LogP) is 5.17. The minimum Gasteiger partial charge on any atom is -0.333 e. The molecule has 2 amide bonds. The minimum atomic E-state index is -1.28. The maximum absolute atomic E-state index is 13.8. The van der Waals surface area contributed by atoms with Crippen LogP contribution >= 0.6 is 0 Å². The van der Waals surface area contributed by atoms with Gasteiger partial charge in [0.05, 0.1) is 22.9 Å². The van der Waals surface area contributed by atoms with Crippen molar-refractivity contribution in [1.29, 1.82) is 0 Å². The lowest BCUT2D eigenvalue weighted by Gasteiger charge is -2.25. The first kappa shape index (κ1) is 21.7. The molecular formula is C29H22N4O3. The van der Waals surface area contributed by atoms with Crippen molar-refractivity contribution in [3.63, 3.8) is 0 Å². The fraction of sp³-hybridized carbons (Fsp3) is 0.103. The molecule has 1 atom stereocenters. The summed E-state index contributed by atoms with van der Waals surface area (Å²) in [4.78, 5) is 45.6. The van der Waals surface area contributed by atoms with Crippen LogP contribution in [-0.2, 0) is 10.3 Å². The van der Waals surface area contributed by atoms with Gasteiger partial charge in [0.1, 0.15) is 11.2 Å². The van der Waals surface area contributed by atoms with E-state index in [9.17, 15) is 14.4 Å². The third kappa shape index (κ3) is 3.06.